The maximum atomic E-state index is 12.7. The molecule has 198 valence electrons. The van der Waals surface area contributed by atoms with E-state index >= 15 is 0 Å². The van der Waals surface area contributed by atoms with Crippen molar-refractivity contribution in [2.45, 2.75) is 38.5 Å². The van der Waals surface area contributed by atoms with Crippen LogP contribution in [0.5, 0.6) is 0 Å². The van der Waals surface area contributed by atoms with Crippen molar-refractivity contribution in [1.29, 1.82) is 0 Å². The van der Waals surface area contributed by atoms with E-state index in [1.165, 1.54) is 19.3 Å². The van der Waals surface area contributed by atoms with Gasteiger partial charge in [0.15, 0.2) is 0 Å². The van der Waals surface area contributed by atoms with Gasteiger partial charge in [-0.2, -0.15) is 5.10 Å². The van der Waals surface area contributed by atoms with Crippen LogP contribution in [0.3, 0.4) is 0 Å². The second kappa shape index (κ2) is 10.4. The summed E-state index contributed by atoms with van der Waals surface area (Å²) in [6, 6.07) is 18.2. The van der Waals surface area contributed by atoms with E-state index in [4.69, 9.17) is 0 Å². The van der Waals surface area contributed by atoms with Gasteiger partial charge in [-0.25, -0.2) is 0 Å². The standard InChI is InChI=1S/C32H29N7O/c40-31(13-20-7-2-1-3-8-20)36-22-14-21(17-33-18-22)28-16-25-30(19-35-28)38-39-32(25)29-15-24-23(9-6-11-27(24)37-29)26-10-4-5-12-34-26/h4-6,9-12,14-20,37H,1-3,7-8,13H2,(H,36,40)(H,38,39). The third-order valence-corrected chi connectivity index (χ3v) is 7.82. The van der Waals surface area contributed by atoms with Crippen LogP contribution in [0.1, 0.15) is 38.5 Å². The number of rotatable bonds is 6. The minimum Gasteiger partial charge on any atom is -0.353 e. The van der Waals surface area contributed by atoms with E-state index in [9.17, 15) is 4.79 Å². The Morgan fingerprint density at radius 1 is 0.875 bits per heavy atom. The normalized spacial score (nSPS) is 14.1. The molecular weight excluding hydrogens is 498 g/mol. The molecular formula is C32H29N7O. The highest BCUT2D eigenvalue weighted by Gasteiger charge is 2.18. The number of hydrogen-bond donors (Lipinski definition) is 3. The summed E-state index contributed by atoms with van der Waals surface area (Å²) in [6.07, 6.45) is 13.6. The lowest BCUT2D eigenvalue weighted by molar-refractivity contribution is -0.117. The van der Waals surface area contributed by atoms with Crippen LogP contribution >= 0.6 is 0 Å². The van der Waals surface area contributed by atoms with E-state index in [-0.39, 0.29) is 5.91 Å². The Bertz CT molecular complexity index is 1820. The Morgan fingerprint density at radius 2 is 1.80 bits per heavy atom. The molecule has 1 aromatic carbocycles. The Hall–Kier alpha value is -4.85. The summed E-state index contributed by atoms with van der Waals surface area (Å²) < 4.78 is 0. The van der Waals surface area contributed by atoms with Crippen LogP contribution in [0.2, 0.25) is 0 Å². The Kier molecular flexibility index (Phi) is 6.28. The van der Waals surface area contributed by atoms with Crippen molar-refractivity contribution in [1.82, 2.24) is 30.1 Å². The van der Waals surface area contributed by atoms with Crippen molar-refractivity contribution in [3.8, 4) is 33.9 Å². The van der Waals surface area contributed by atoms with Gasteiger partial charge in [-0.3, -0.25) is 24.8 Å². The van der Waals surface area contributed by atoms with Gasteiger partial charge in [0.25, 0.3) is 0 Å². The van der Waals surface area contributed by atoms with Crippen molar-refractivity contribution < 1.29 is 4.79 Å². The summed E-state index contributed by atoms with van der Waals surface area (Å²) in [5.74, 6) is 0.536. The summed E-state index contributed by atoms with van der Waals surface area (Å²) in [7, 11) is 0. The number of amides is 1. The van der Waals surface area contributed by atoms with E-state index in [1.54, 1.807) is 18.6 Å². The van der Waals surface area contributed by atoms with Crippen LogP contribution in [0.4, 0.5) is 5.69 Å². The minimum atomic E-state index is 0.0512. The number of nitrogens with zero attached hydrogens (tertiary/aromatic N) is 4. The zero-order chi connectivity index (χ0) is 26.9. The minimum absolute atomic E-state index is 0.0512. The summed E-state index contributed by atoms with van der Waals surface area (Å²) in [5.41, 5.74) is 7.85. The first-order valence-corrected chi connectivity index (χ1v) is 13.8. The summed E-state index contributed by atoms with van der Waals surface area (Å²) in [5, 5.41) is 12.8. The summed E-state index contributed by atoms with van der Waals surface area (Å²) in [6.45, 7) is 0. The number of H-pyrrole nitrogens is 2. The molecule has 5 heterocycles. The van der Waals surface area contributed by atoms with Gasteiger partial charge < -0.3 is 10.3 Å². The van der Waals surface area contributed by atoms with E-state index < -0.39 is 0 Å². The molecule has 0 unspecified atom stereocenters. The Balaban J connectivity index is 1.19. The molecule has 8 nitrogen and oxygen atoms in total. The molecule has 7 rings (SSSR count). The molecule has 8 heteroatoms. The molecule has 40 heavy (non-hydrogen) atoms. The molecule has 5 aromatic heterocycles. The van der Waals surface area contributed by atoms with Crippen molar-refractivity contribution >= 4 is 33.4 Å². The van der Waals surface area contributed by atoms with Gasteiger partial charge in [-0.05, 0) is 55.2 Å². The Labute approximate surface area is 231 Å². The molecule has 1 aliphatic carbocycles. The fourth-order valence-corrected chi connectivity index (χ4v) is 5.82. The van der Waals surface area contributed by atoms with Gasteiger partial charge >= 0.3 is 0 Å². The van der Waals surface area contributed by atoms with E-state index in [0.29, 0.717) is 18.0 Å². The molecule has 0 bridgehead atoms. The van der Waals surface area contributed by atoms with Crippen molar-refractivity contribution in [3.05, 3.63) is 79.4 Å². The average Bonchev–Trinajstić information content (AvgIpc) is 3.62. The van der Waals surface area contributed by atoms with E-state index in [2.05, 4.69) is 53.6 Å². The monoisotopic (exact) mass is 527 g/mol. The number of aromatic nitrogens is 6. The second-order valence-electron chi connectivity index (χ2n) is 10.6. The first kappa shape index (κ1) is 24.2. The average molecular weight is 528 g/mol. The third kappa shape index (κ3) is 4.73. The topological polar surface area (TPSA) is 112 Å². The molecule has 1 fully saturated rings. The fraction of sp³-hybridized carbons (Fsp3) is 0.219. The van der Waals surface area contributed by atoms with Crippen LogP contribution in [0.15, 0.2) is 79.4 Å². The molecule has 0 atom stereocenters. The van der Waals surface area contributed by atoms with Crippen LogP contribution in [-0.4, -0.2) is 36.0 Å². The Morgan fingerprint density at radius 3 is 2.67 bits per heavy atom. The lowest BCUT2D eigenvalue weighted by atomic mass is 9.87. The van der Waals surface area contributed by atoms with E-state index in [1.807, 2.05) is 42.6 Å². The summed E-state index contributed by atoms with van der Waals surface area (Å²) >= 11 is 0. The number of fused-ring (bicyclic) bond motifs is 2. The second-order valence-corrected chi connectivity index (χ2v) is 10.6. The number of carbonyl (C=O) groups is 1. The molecule has 1 amide bonds. The van der Waals surface area contributed by atoms with E-state index in [0.717, 1.165) is 68.6 Å². The molecule has 6 aromatic rings. The summed E-state index contributed by atoms with van der Waals surface area (Å²) in [4.78, 5) is 29.8. The predicted octanol–water partition coefficient (Wildman–Crippen LogP) is 7.14. The van der Waals surface area contributed by atoms with Crippen LogP contribution in [0, 0.1) is 5.92 Å². The smallest absolute Gasteiger partial charge is 0.224 e. The molecule has 0 saturated heterocycles. The first-order valence-electron chi connectivity index (χ1n) is 13.8. The molecule has 1 aliphatic rings. The van der Waals surface area contributed by atoms with Gasteiger partial charge in [-0.15, -0.1) is 0 Å². The lowest BCUT2D eigenvalue weighted by Gasteiger charge is -2.20. The van der Waals surface area contributed by atoms with Crippen LogP contribution in [0.25, 0.3) is 55.7 Å². The quantitative estimate of drug-likeness (QED) is 0.213. The zero-order valence-corrected chi connectivity index (χ0v) is 22.0. The highest BCUT2D eigenvalue weighted by atomic mass is 16.1. The fourth-order valence-electron chi connectivity index (χ4n) is 5.82. The van der Waals surface area contributed by atoms with Gasteiger partial charge in [0.2, 0.25) is 5.91 Å². The molecule has 1 saturated carbocycles. The van der Waals surface area contributed by atoms with Crippen molar-refractivity contribution in [3.63, 3.8) is 0 Å². The first-order chi connectivity index (χ1) is 19.7. The third-order valence-electron chi connectivity index (χ3n) is 7.82. The van der Waals surface area contributed by atoms with Crippen molar-refractivity contribution in [2.24, 2.45) is 5.92 Å². The zero-order valence-electron chi connectivity index (χ0n) is 22.0. The lowest BCUT2D eigenvalue weighted by Crippen LogP contribution is -2.18. The highest BCUT2D eigenvalue weighted by Crippen LogP contribution is 2.34. The maximum Gasteiger partial charge on any atom is 0.224 e. The van der Waals surface area contributed by atoms with Gasteiger partial charge in [0, 0.05) is 46.2 Å². The SMILES string of the molecule is O=C(CC1CCCCC1)Nc1cncc(-c2cc3c(-c4cc5c(-c6ccccn6)cccc5[nH]4)n[nH]c3cn2)c1. The molecule has 0 spiro atoms. The molecule has 3 N–H and O–H groups in total. The number of nitrogens with one attached hydrogen (secondary N) is 3. The number of benzene rings is 1. The van der Waals surface area contributed by atoms with Crippen LogP contribution < -0.4 is 5.32 Å². The largest absolute Gasteiger partial charge is 0.353 e. The highest BCUT2D eigenvalue weighted by molar-refractivity contribution is 6.01. The molecule has 0 radical (unpaired) electrons. The number of carbonyl (C=O) groups excluding carboxylic acids is 1. The molecule has 0 aliphatic heterocycles. The van der Waals surface area contributed by atoms with Gasteiger partial charge in [-0.1, -0.05) is 37.5 Å². The number of pyridine rings is 3. The van der Waals surface area contributed by atoms with Crippen molar-refractivity contribution in [2.75, 3.05) is 5.32 Å². The van der Waals surface area contributed by atoms with Crippen LogP contribution in [-0.2, 0) is 4.79 Å². The maximum absolute atomic E-state index is 12.7. The van der Waals surface area contributed by atoms with Gasteiger partial charge in [0.05, 0.1) is 40.7 Å². The van der Waals surface area contributed by atoms with Gasteiger partial charge in [0.1, 0.15) is 5.69 Å². The number of aromatic amines is 2. The number of anilines is 1. The predicted molar refractivity (Wildman–Crippen MR) is 157 cm³/mol. The number of hydrogen-bond acceptors (Lipinski definition) is 5.